The van der Waals surface area contributed by atoms with E-state index in [1.54, 1.807) is 23.1 Å². The van der Waals surface area contributed by atoms with Gasteiger partial charge in [-0.1, -0.05) is 6.07 Å². The minimum atomic E-state index is -0.336. The van der Waals surface area contributed by atoms with E-state index in [1.807, 2.05) is 58.0 Å². The van der Waals surface area contributed by atoms with Crippen LogP contribution in [0.1, 0.15) is 37.0 Å². The lowest BCUT2D eigenvalue weighted by Crippen LogP contribution is -2.40. The Labute approximate surface area is 146 Å². The summed E-state index contributed by atoms with van der Waals surface area (Å²) in [5.41, 5.74) is 3.19. The molecular formula is C19H21N5O. The van der Waals surface area contributed by atoms with E-state index in [2.05, 4.69) is 20.4 Å². The van der Waals surface area contributed by atoms with Gasteiger partial charge < -0.3 is 5.32 Å². The number of carbonyl (C=O) groups is 1. The molecule has 0 atom stereocenters. The number of aryl methyl sites for hydroxylation is 1. The van der Waals surface area contributed by atoms with Gasteiger partial charge in [0.25, 0.3) is 5.91 Å². The van der Waals surface area contributed by atoms with Crippen LogP contribution < -0.4 is 5.32 Å². The Balaban J connectivity index is 2.09. The van der Waals surface area contributed by atoms with Crippen molar-refractivity contribution < 1.29 is 4.79 Å². The fourth-order valence-electron chi connectivity index (χ4n) is 2.38. The molecule has 3 heterocycles. The number of nitrogens with one attached hydrogen (secondary N) is 1. The first-order valence-electron chi connectivity index (χ1n) is 8.10. The highest BCUT2D eigenvalue weighted by molar-refractivity contribution is 5.94. The summed E-state index contributed by atoms with van der Waals surface area (Å²) in [6.45, 7) is 7.73. The van der Waals surface area contributed by atoms with E-state index in [1.165, 1.54) is 0 Å². The Morgan fingerprint density at radius 2 is 1.92 bits per heavy atom. The average Bonchev–Trinajstić information content (AvgIpc) is 3.00. The van der Waals surface area contributed by atoms with Crippen LogP contribution in [0.4, 0.5) is 0 Å². The van der Waals surface area contributed by atoms with Crippen LogP contribution in [0.15, 0.2) is 48.8 Å². The number of aromatic nitrogens is 4. The normalized spacial score (nSPS) is 11.4. The number of carbonyl (C=O) groups excluding carboxylic acids is 1. The molecule has 0 bridgehead atoms. The third-order valence-corrected chi connectivity index (χ3v) is 3.50. The SMILES string of the molecule is Cc1ccc(-n2nc(C(=O)NC(C)(C)C)cc2-c2ccccn2)cn1. The minimum Gasteiger partial charge on any atom is -0.346 e. The first-order valence-corrected chi connectivity index (χ1v) is 8.10. The molecule has 0 aliphatic heterocycles. The number of hydrogen-bond donors (Lipinski definition) is 1. The Morgan fingerprint density at radius 1 is 1.12 bits per heavy atom. The van der Waals surface area contributed by atoms with Gasteiger partial charge in [-0.25, -0.2) is 4.68 Å². The second-order valence-electron chi connectivity index (χ2n) is 6.90. The maximum Gasteiger partial charge on any atom is 0.272 e. The van der Waals surface area contributed by atoms with E-state index in [0.29, 0.717) is 5.69 Å². The molecule has 3 aromatic heterocycles. The van der Waals surface area contributed by atoms with Gasteiger partial charge in [-0.2, -0.15) is 5.10 Å². The van der Waals surface area contributed by atoms with Crippen molar-refractivity contribution in [1.29, 1.82) is 0 Å². The highest BCUT2D eigenvalue weighted by Gasteiger charge is 2.21. The van der Waals surface area contributed by atoms with Crippen LogP contribution in [-0.4, -0.2) is 31.2 Å². The van der Waals surface area contributed by atoms with Gasteiger partial charge in [-0.05, 0) is 58.0 Å². The topological polar surface area (TPSA) is 72.7 Å². The number of rotatable bonds is 3. The predicted molar refractivity (Wildman–Crippen MR) is 96.5 cm³/mol. The van der Waals surface area contributed by atoms with Crippen molar-refractivity contribution in [2.75, 3.05) is 0 Å². The van der Waals surface area contributed by atoms with Gasteiger partial charge in [0.2, 0.25) is 0 Å². The molecule has 25 heavy (non-hydrogen) atoms. The quantitative estimate of drug-likeness (QED) is 0.798. The Morgan fingerprint density at radius 3 is 2.52 bits per heavy atom. The summed E-state index contributed by atoms with van der Waals surface area (Å²) in [5.74, 6) is -0.219. The molecule has 1 N–H and O–H groups in total. The summed E-state index contributed by atoms with van der Waals surface area (Å²) in [4.78, 5) is 21.2. The summed E-state index contributed by atoms with van der Waals surface area (Å²) >= 11 is 0. The maximum atomic E-state index is 12.5. The molecule has 0 saturated heterocycles. The molecular weight excluding hydrogens is 314 g/mol. The van der Waals surface area contributed by atoms with Gasteiger partial charge >= 0.3 is 0 Å². The van der Waals surface area contributed by atoms with Gasteiger partial charge in [0.05, 0.1) is 23.3 Å². The van der Waals surface area contributed by atoms with Crippen LogP contribution in [0.5, 0.6) is 0 Å². The lowest BCUT2D eigenvalue weighted by molar-refractivity contribution is 0.0914. The Hall–Kier alpha value is -3.02. The van der Waals surface area contributed by atoms with Crippen molar-refractivity contribution in [2.45, 2.75) is 33.2 Å². The van der Waals surface area contributed by atoms with E-state index in [4.69, 9.17) is 0 Å². The van der Waals surface area contributed by atoms with Crippen molar-refractivity contribution in [3.63, 3.8) is 0 Å². The molecule has 0 saturated carbocycles. The summed E-state index contributed by atoms with van der Waals surface area (Å²) in [6.07, 6.45) is 3.45. The van der Waals surface area contributed by atoms with Crippen molar-refractivity contribution in [3.05, 3.63) is 60.2 Å². The number of pyridine rings is 2. The zero-order chi connectivity index (χ0) is 18.0. The van der Waals surface area contributed by atoms with Crippen LogP contribution in [0.25, 0.3) is 17.1 Å². The second-order valence-corrected chi connectivity index (χ2v) is 6.90. The molecule has 0 unspecified atom stereocenters. The largest absolute Gasteiger partial charge is 0.346 e. The van der Waals surface area contributed by atoms with Crippen molar-refractivity contribution >= 4 is 5.91 Å². The number of amides is 1. The third-order valence-electron chi connectivity index (χ3n) is 3.50. The fraction of sp³-hybridized carbons (Fsp3) is 0.263. The van der Waals surface area contributed by atoms with Gasteiger partial charge in [0.1, 0.15) is 0 Å². The molecule has 0 spiro atoms. The fourth-order valence-corrected chi connectivity index (χ4v) is 2.38. The lowest BCUT2D eigenvalue weighted by atomic mass is 10.1. The molecule has 1 amide bonds. The van der Waals surface area contributed by atoms with Crippen molar-refractivity contribution in [2.24, 2.45) is 0 Å². The minimum absolute atomic E-state index is 0.219. The van der Waals surface area contributed by atoms with Crippen LogP contribution in [0.3, 0.4) is 0 Å². The predicted octanol–water partition coefficient (Wildman–Crippen LogP) is 3.17. The Kier molecular flexibility index (Phi) is 4.35. The summed E-state index contributed by atoms with van der Waals surface area (Å²) in [7, 11) is 0. The van der Waals surface area contributed by atoms with Gasteiger partial charge in [0.15, 0.2) is 5.69 Å². The van der Waals surface area contributed by atoms with E-state index in [-0.39, 0.29) is 11.4 Å². The molecule has 6 heteroatoms. The van der Waals surface area contributed by atoms with Gasteiger partial charge in [-0.15, -0.1) is 0 Å². The molecule has 0 fully saturated rings. The van der Waals surface area contributed by atoms with E-state index in [9.17, 15) is 4.79 Å². The molecule has 128 valence electrons. The van der Waals surface area contributed by atoms with E-state index >= 15 is 0 Å². The van der Waals surface area contributed by atoms with Crippen molar-refractivity contribution in [1.82, 2.24) is 25.1 Å². The monoisotopic (exact) mass is 335 g/mol. The zero-order valence-corrected chi connectivity index (χ0v) is 14.8. The number of nitrogens with zero attached hydrogens (tertiary/aromatic N) is 4. The molecule has 6 nitrogen and oxygen atoms in total. The van der Waals surface area contributed by atoms with Crippen LogP contribution in [0, 0.1) is 6.92 Å². The molecule has 0 radical (unpaired) electrons. The van der Waals surface area contributed by atoms with Crippen molar-refractivity contribution in [3.8, 4) is 17.1 Å². The summed E-state index contributed by atoms with van der Waals surface area (Å²) in [5, 5.41) is 7.43. The van der Waals surface area contributed by atoms with Crippen LogP contribution in [0.2, 0.25) is 0 Å². The van der Waals surface area contributed by atoms with Gasteiger partial charge in [-0.3, -0.25) is 14.8 Å². The van der Waals surface area contributed by atoms with Crippen LogP contribution >= 0.6 is 0 Å². The first kappa shape index (κ1) is 16.8. The third kappa shape index (κ3) is 3.91. The smallest absolute Gasteiger partial charge is 0.272 e. The molecule has 0 aliphatic carbocycles. The lowest BCUT2D eigenvalue weighted by Gasteiger charge is -2.19. The molecule has 3 rings (SSSR count). The molecule has 0 aliphatic rings. The van der Waals surface area contributed by atoms with Gasteiger partial charge in [0, 0.05) is 17.4 Å². The summed E-state index contributed by atoms with van der Waals surface area (Å²) < 4.78 is 1.70. The Bertz CT molecular complexity index is 876. The molecule has 3 aromatic rings. The summed E-state index contributed by atoms with van der Waals surface area (Å²) in [6, 6.07) is 11.2. The van der Waals surface area contributed by atoms with E-state index < -0.39 is 0 Å². The van der Waals surface area contributed by atoms with Crippen LogP contribution in [-0.2, 0) is 0 Å². The molecule has 0 aromatic carbocycles. The second kappa shape index (κ2) is 6.47. The maximum absolute atomic E-state index is 12.5. The highest BCUT2D eigenvalue weighted by Crippen LogP contribution is 2.22. The highest BCUT2D eigenvalue weighted by atomic mass is 16.2. The first-order chi connectivity index (χ1) is 11.8. The average molecular weight is 335 g/mol. The van der Waals surface area contributed by atoms with E-state index in [0.717, 1.165) is 22.8 Å². The standard InChI is InChI=1S/C19H21N5O/c1-13-8-9-14(12-21-13)24-17(15-7-5-6-10-20-15)11-16(23-24)18(25)22-19(2,3)4/h5-12H,1-4H3,(H,22,25). The number of hydrogen-bond acceptors (Lipinski definition) is 4. The zero-order valence-electron chi connectivity index (χ0n) is 14.8.